The number of carbonyl (C=O) groups is 3. The molecular weight excluding hydrogens is 328 g/mol. The molecule has 0 bridgehead atoms. The minimum atomic E-state index is -0.283. The average molecular weight is 346 g/mol. The van der Waals surface area contributed by atoms with Crippen LogP contribution in [0.25, 0.3) is 0 Å². The van der Waals surface area contributed by atoms with Crippen molar-refractivity contribution in [3.8, 4) is 0 Å². The number of amides is 3. The maximum Gasteiger partial charge on any atom is 0.255 e. The highest BCUT2D eigenvalue weighted by Gasteiger charge is 2.47. The molecule has 0 radical (unpaired) electrons. The predicted octanol–water partition coefficient (Wildman–Crippen LogP) is 3.39. The topological polar surface area (TPSA) is 66.5 Å². The van der Waals surface area contributed by atoms with E-state index in [1.807, 2.05) is 30.4 Å². The summed E-state index contributed by atoms with van der Waals surface area (Å²) < 4.78 is 0. The second-order valence-electron chi connectivity index (χ2n) is 6.54. The first kappa shape index (κ1) is 16.3. The molecule has 2 aromatic rings. The number of allylic oxidation sites excluding steroid dienone is 2. The van der Waals surface area contributed by atoms with E-state index in [-0.39, 0.29) is 29.6 Å². The van der Waals surface area contributed by atoms with Gasteiger partial charge in [-0.2, -0.15) is 0 Å². The molecule has 0 aromatic heterocycles. The molecule has 26 heavy (non-hydrogen) atoms. The lowest BCUT2D eigenvalue weighted by Gasteiger charge is -2.16. The van der Waals surface area contributed by atoms with E-state index >= 15 is 0 Å². The highest BCUT2D eigenvalue weighted by atomic mass is 16.2. The van der Waals surface area contributed by atoms with Gasteiger partial charge in [0.05, 0.1) is 17.5 Å². The van der Waals surface area contributed by atoms with Crippen molar-refractivity contribution >= 4 is 29.1 Å². The molecule has 5 nitrogen and oxygen atoms in total. The van der Waals surface area contributed by atoms with Crippen LogP contribution in [-0.4, -0.2) is 17.7 Å². The van der Waals surface area contributed by atoms with E-state index in [1.165, 1.54) is 4.90 Å². The zero-order valence-electron chi connectivity index (χ0n) is 14.1. The fourth-order valence-corrected chi connectivity index (χ4v) is 3.57. The maximum atomic E-state index is 12.7. The molecule has 1 saturated heterocycles. The van der Waals surface area contributed by atoms with Gasteiger partial charge in [-0.1, -0.05) is 36.4 Å². The third kappa shape index (κ3) is 2.81. The molecule has 0 saturated carbocycles. The Balaban J connectivity index is 1.59. The molecule has 4 rings (SSSR count). The Morgan fingerprint density at radius 3 is 2.19 bits per heavy atom. The monoisotopic (exact) mass is 346 g/mol. The fourth-order valence-electron chi connectivity index (χ4n) is 3.57. The lowest BCUT2D eigenvalue weighted by atomic mass is 9.85. The number of hydrogen-bond acceptors (Lipinski definition) is 3. The average Bonchev–Trinajstić information content (AvgIpc) is 2.94. The second kappa shape index (κ2) is 6.59. The van der Waals surface area contributed by atoms with E-state index < -0.39 is 0 Å². The third-order valence-corrected chi connectivity index (χ3v) is 4.91. The largest absolute Gasteiger partial charge is 0.322 e. The van der Waals surface area contributed by atoms with Crippen LogP contribution >= 0.6 is 0 Å². The number of nitrogens with zero attached hydrogens (tertiary/aromatic N) is 1. The fraction of sp³-hybridized carbons (Fsp3) is 0.190. The summed E-state index contributed by atoms with van der Waals surface area (Å²) in [5.41, 5.74) is 1.54. The van der Waals surface area contributed by atoms with Crippen molar-refractivity contribution < 1.29 is 14.4 Å². The second-order valence-corrected chi connectivity index (χ2v) is 6.54. The summed E-state index contributed by atoms with van der Waals surface area (Å²) in [6.45, 7) is 0. The first-order valence-electron chi connectivity index (χ1n) is 8.64. The van der Waals surface area contributed by atoms with E-state index in [9.17, 15) is 14.4 Å². The van der Waals surface area contributed by atoms with E-state index in [0.29, 0.717) is 29.8 Å². The standard InChI is InChI=1S/C21H18N2O3/c24-19(22-15-8-2-1-3-9-15)14-7-6-10-16(13-14)23-20(25)17-11-4-5-12-18(17)21(23)26/h1-10,13,17-18H,11-12H2,(H,22,24)/t17-,18-/m0/s1. The highest BCUT2D eigenvalue weighted by Crippen LogP contribution is 2.37. The number of rotatable bonds is 3. The Bertz CT molecular complexity index is 878. The van der Waals surface area contributed by atoms with Crippen LogP contribution < -0.4 is 10.2 Å². The molecule has 2 aromatic carbocycles. The van der Waals surface area contributed by atoms with Gasteiger partial charge in [-0.25, -0.2) is 0 Å². The number of fused-ring (bicyclic) bond motifs is 1. The number of carbonyl (C=O) groups excluding carboxylic acids is 3. The minimum absolute atomic E-state index is 0.176. The van der Waals surface area contributed by atoms with Crippen molar-refractivity contribution in [2.45, 2.75) is 12.8 Å². The zero-order valence-corrected chi connectivity index (χ0v) is 14.1. The quantitative estimate of drug-likeness (QED) is 0.684. The minimum Gasteiger partial charge on any atom is -0.322 e. The van der Waals surface area contributed by atoms with Crippen molar-refractivity contribution in [1.82, 2.24) is 0 Å². The highest BCUT2D eigenvalue weighted by molar-refractivity contribution is 6.22. The Labute approximate surface area is 151 Å². The number of anilines is 2. The van der Waals surface area contributed by atoms with Crippen LogP contribution in [0.3, 0.4) is 0 Å². The molecule has 130 valence electrons. The van der Waals surface area contributed by atoms with Gasteiger partial charge in [-0.3, -0.25) is 19.3 Å². The number of benzene rings is 2. The van der Waals surface area contributed by atoms with E-state index in [1.54, 1.807) is 36.4 Å². The summed E-state index contributed by atoms with van der Waals surface area (Å²) in [5, 5.41) is 2.81. The molecule has 5 heteroatoms. The molecule has 0 spiro atoms. The van der Waals surface area contributed by atoms with Crippen molar-refractivity contribution in [2.75, 3.05) is 10.2 Å². The first-order valence-corrected chi connectivity index (χ1v) is 8.64. The van der Waals surface area contributed by atoms with Crippen LogP contribution in [0.2, 0.25) is 0 Å². The van der Waals surface area contributed by atoms with Crippen LogP contribution in [0, 0.1) is 11.8 Å². The third-order valence-electron chi connectivity index (χ3n) is 4.91. The Hall–Kier alpha value is -3.21. The lowest BCUT2D eigenvalue weighted by molar-refractivity contribution is -0.122. The number of hydrogen-bond donors (Lipinski definition) is 1. The SMILES string of the molecule is O=C(Nc1ccccc1)c1cccc(N2C(=O)[C@H]3CC=CC[C@@H]3C2=O)c1. The van der Waals surface area contributed by atoms with Crippen molar-refractivity contribution in [3.05, 3.63) is 72.3 Å². The molecule has 2 atom stereocenters. The maximum absolute atomic E-state index is 12.7. The number of nitrogens with one attached hydrogen (secondary N) is 1. The summed E-state index contributed by atoms with van der Waals surface area (Å²) >= 11 is 0. The van der Waals surface area contributed by atoms with Gasteiger partial charge in [0.1, 0.15) is 0 Å². The summed E-state index contributed by atoms with van der Waals surface area (Å²) in [7, 11) is 0. The van der Waals surface area contributed by atoms with E-state index in [2.05, 4.69) is 5.32 Å². The summed E-state index contributed by atoms with van der Waals surface area (Å²) in [6, 6.07) is 15.8. The van der Waals surface area contributed by atoms with Gasteiger partial charge in [-0.15, -0.1) is 0 Å². The van der Waals surface area contributed by atoms with Gasteiger partial charge in [0, 0.05) is 11.3 Å². The molecule has 3 amide bonds. The smallest absolute Gasteiger partial charge is 0.255 e. The van der Waals surface area contributed by atoms with Gasteiger partial charge < -0.3 is 5.32 Å². The zero-order chi connectivity index (χ0) is 18.1. The summed E-state index contributed by atoms with van der Waals surface area (Å²) in [4.78, 5) is 39.1. The van der Waals surface area contributed by atoms with Crippen LogP contribution in [-0.2, 0) is 9.59 Å². The van der Waals surface area contributed by atoms with Gasteiger partial charge in [-0.05, 0) is 43.2 Å². The molecule has 2 aliphatic rings. The molecular formula is C21H18N2O3. The van der Waals surface area contributed by atoms with Crippen molar-refractivity contribution in [2.24, 2.45) is 11.8 Å². The molecule has 1 heterocycles. The van der Waals surface area contributed by atoms with Crippen molar-refractivity contribution in [3.63, 3.8) is 0 Å². The van der Waals surface area contributed by atoms with E-state index in [4.69, 9.17) is 0 Å². The van der Waals surface area contributed by atoms with Crippen LogP contribution in [0.4, 0.5) is 11.4 Å². The van der Waals surface area contributed by atoms with Gasteiger partial charge in [0.15, 0.2) is 0 Å². The van der Waals surface area contributed by atoms with Crippen LogP contribution in [0.5, 0.6) is 0 Å². The van der Waals surface area contributed by atoms with Gasteiger partial charge >= 0.3 is 0 Å². The number of para-hydroxylation sites is 1. The molecule has 1 N–H and O–H groups in total. The molecule has 1 aliphatic carbocycles. The predicted molar refractivity (Wildman–Crippen MR) is 98.7 cm³/mol. The molecule has 1 aliphatic heterocycles. The van der Waals surface area contributed by atoms with Crippen LogP contribution in [0.15, 0.2) is 66.7 Å². The van der Waals surface area contributed by atoms with Crippen LogP contribution in [0.1, 0.15) is 23.2 Å². The molecule has 0 unspecified atom stereocenters. The van der Waals surface area contributed by atoms with Crippen molar-refractivity contribution in [1.29, 1.82) is 0 Å². The Morgan fingerprint density at radius 1 is 0.885 bits per heavy atom. The Morgan fingerprint density at radius 2 is 1.54 bits per heavy atom. The lowest BCUT2D eigenvalue weighted by Crippen LogP contribution is -2.31. The summed E-state index contributed by atoms with van der Waals surface area (Å²) in [5.74, 6) is -1.20. The Kier molecular flexibility index (Phi) is 4.13. The normalized spacial score (nSPS) is 21.6. The van der Waals surface area contributed by atoms with Gasteiger partial charge in [0.25, 0.3) is 5.91 Å². The first-order chi connectivity index (χ1) is 12.6. The molecule has 1 fully saturated rings. The van der Waals surface area contributed by atoms with E-state index in [0.717, 1.165) is 0 Å². The summed E-state index contributed by atoms with van der Waals surface area (Å²) in [6.07, 6.45) is 5.11. The van der Waals surface area contributed by atoms with Gasteiger partial charge in [0.2, 0.25) is 11.8 Å². The number of imide groups is 1.